The van der Waals surface area contributed by atoms with Crippen molar-refractivity contribution >= 4 is 191 Å². The highest BCUT2D eigenvalue weighted by Gasteiger charge is 2.28. The van der Waals surface area contributed by atoms with Gasteiger partial charge in [0.05, 0.1) is 82.6 Å². The zero-order chi connectivity index (χ0) is 72.5. The van der Waals surface area contributed by atoms with Crippen LogP contribution in [0.5, 0.6) is 0 Å². The Morgan fingerprint density at radius 2 is 0.732 bits per heavy atom. The number of hydrogen-bond acceptors (Lipinski definition) is 14. The van der Waals surface area contributed by atoms with E-state index in [1.165, 1.54) is 65.6 Å². The third-order valence-electron chi connectivity index (χ3n) is 16.5. The molecule has 2 heterocycles. The summed E-state index contributed by atoms with van der Waals surface area (Å²) < 4.78 is 10.8. The van der Waals surface area contributed by atoms with Crippen molar-refractivity contribution in [2.75, 3.05) is 24.7 Å². The fourth-order valence-corrected chi connectivity index (χ4v) is 20.5. The van der Waals surface area contributed by atoms with Gasteiger partial charge in [-0.05, 0) is 35.7 Å². The number of carbonyl (C=O) groups excluding carboxylic acids is 6. The third kappa shape index (κ3) is 19.8. The van der Waals surface area contributed by atoms with Crippen LogP contribution in [0.25, 0.3) is 64.0 Å². The Morgan fingerprint density at radius 1 is 0.433 bits per heavy atom. The summed E-state index contributed by atoms with van der Waals surface area (Å²) in [7, 11) is -8.55. The van der Waals surface area contributed by atoms with Crippen molar-refractivity contribution < 1.29 is 48.1 Å². The molecule has 0 radical (unpaired) electrons. The molecule has 10 aromatic rings. The summed E-state index contributed by atoms with van der Waals surface area (Å²) >= 11 is 3.90. The summed E-state index contributed by atoms with van der Waals surface area (Å²) in [5, 5.41) is 25.3. The highest BCUT2D eigenvalue weighted by atomic mass is 32.2. The minimum absolute atomic E-state index is 0.0857. The quantitative estimate of drug-likeness (QED) is 0.0370. The lowest BCUT2D eigenvalue weighted by atomic mass is 9.97. The van der Waals surface area contributed by atoms with Crippen LogP contribution in [0.15, 0.2) is 148 Å². The molecular formula is C76H92O12S3Si6. The van der Waals surface area contributed by atoms with Gasteiger partial charge in [-0.3, -0.25) is 28.8 Å². The van der Waals surface area contributed by atoms with Gasteiger partial charge in [-0.2, -0.15) is 9.59 Å². The summed E-state index contributed by atoms with van der Waals surface area (Å²) in [5.74, 6) is -1.91. The first kappa shape index (κ1) is 78.8. The SMILES string of the molecule is CCOC(=O)CSCC(=O)OCC.C[Si](C)(C)c1ccc(-c2csc(C(=O)O)c2-c2ccc([Si](C)(C)C)cc2)cc1.C[Si](C)(C)c1ccc(C(=O)C(=O)c2ccc([Si](C)(C)C)cc2)cc1.C[Si](C)(C)c1ccc2c(c1)c(=O)c1sc3c(=O)c4cc([Si](C)(C)C)ccc4c3c12.O=C=O. The van der Waals surface area contributed by atoms with Crippen LogP contribution >= 0.6 is 34.4 Å². The Bertz CT molecular complexity index is 4410. The molecule has 0 saturated carbocycles. The van der Waals surface area contributed by atoms with E-state index in [-0.39, 0.29) is 40.5 Å². The lowest BCUT2D eigenvalue weighted by molar-refractivity contribution is -0.191. The molecule has 0 bridgehead atoms. The molecule has 0 aliphatic carbocycles. The van der Waals surface area contributed by atoms with E-state index < -0.39 is 66.0 Å². The molecule has 0 atom stereocenters. The molecule has 8 aromatic carbocycles. The van der Waals surface area contributed by atoms with E-state index in [9.17, 15) is 38.7 Å². The van der Waals surface area contributed by atoms with Gasteiger partial charge in [-0.15, -0.1) is 34.4 Å². The third-order valence-corrected chi connectivity index (χ3v) is 31.9. The number of carboxylic acid groups (broad SMARTS) is 1. The lowest BCUT2D eigenvalue weighted by Crippen LogP contribution is -2.37. The molecule has 0 aliphatic rings. The molecule has 2 aromatic heterocycles. The van der Waals surface area contributed by atoms with Crippen molar-refractivity contribution in [3.8, 4) is 22.3 Å². The van der Waals surface area contributed by atoms with Crippen molar-refractivity contribution in [2.24, 2.45) is 0 Å². The number of Topliss-reactive ketones (excluding diaryl/α,β-unsaturated/α-hetero) is 2. The molecule has 0 aliphatic heterocycles. The van der Waals surface area contributed by atoms with Gasteiger partial charge >= 0.3 is 24.1 Å². The molecule has 21 heteroatoms. The second-order valence-electron chi connectivity index (χ2n) is 30.0. The van der Waals surface area contributed by atoms with Crippen LogP contribution in [0.4, 0.5) is 0 Å². The summed E-state index contributed by atoms with van der Waals surface area (Å²) in [6.07, 6.45) is 0.250. The normalized spacial score (nSPS) is 11.9. The fourth-order valence-electron chi connectivity index (χ4n) is 10.8. The Labute approximate surface area is 589 Å². The van der Waals surface area contributed by atoms with E-state index in [4.69, 9.17) is 9.59 Å². The molecule has 510 valence electrons. The first-order valence-corrected chi connectivity index (χ1v) is 56.2. The number of ketones is 2. The van der Waals surface area contributed by atoms with Crippen molar-refractivity contribution in [2.45, 2.75) is 132 Å². The standard InChI is InChI=1S/C24H24O2SSi2.C23H28O2SSi2.C20H26O2Si2.C8H14O4S.CO2/c1-28(2,3)13-7-9-15-17(11-13)21(25)23-19(15)20-16-10-8-14(29(4,5)6)12-18(16)22(26)24(20)27-23;1-27(2,3)18-11-7-16(8-12-18)20-15-26-22(23(24)25)21(20)17-9-13-19(14-10-17)28(4,5)6;1-23(2,3)17-11-7-15(8-12-17)19(21)20(22)16-9-13-18(14-10-16)24(4,5)6;1-3-11-7(9)5-13-6-8(10)12-4-2;2-1-3/h7-12H,1-6H3;7-15H,1-6H3,(H,24,25);7-14H,1-6H3;3-6H2,1-2H3;. The van der Waals surface area contributed by atoms with Gasteiger partial charge in [0.15, 0.2) is 0 Å². The number of benzene rings is 6. The van der Waals surface area contributed by atoms with Gasteiger partial charge in [0, 0.05) is 49.2 Å². The van der Waals surface area contributed by atoms with E-state index >= 15 is 0 Å². The number of hydrogen-bond donors (Lipinski definition) is 1. The van der Waals surface area contributed by atoms with Crippen LogP contribution < -0.4 is 42.0 Å². The molecule has 0 fully saturated rings. The molecule has 0 amide bonds. The van der Waals surface area contributed by atoms with E-state index in [2.05, 4.69) is 212 Å². The minimum Gasteiger partial charge on any atom is -0.477 e. The number of carbonyl (C=O) groups is 5. The van der Waals surface area contributed by atoms with E-state index in [0.717, 1.165) is 64.0 Å². The Morgan fingerprint density at radius 3 is 1.03 bits per heavy atom. The van der Waals surface area contributed by atoms with Crippen LogP contribution in [-0.4, -0.2) is 114 Å². The maximum atomic E-state index is 13.2. The van der Waals surface area contributed by atoms with E-state index in [0.29, 0.717) is 29.2 Å². The van der Waals surface area contributed by atoms with Crippen molar-refractivity contribution in [1.82, 2.24) is 0 Å². The maximum Gasteiger partial charge on any atom is 0.373 e. The number of rotatable bonds is 18. The number of ether oxygens (including phenoxy) is 2. The first-order chi connectivity index (χ1) is 45.1. The summed E-state index contributed by atoms with van der Waals surface area (Å²) in [5.41, 5.74) is 5.00. The van der Waals surface area contributed by atoms with Crippen molar-refractivity contribution in [3.05, 3.63) is 175 Å². The molecule has 0 unspecified atom stereocenters. The number of carboxylic acids is 1. The van der Waals surface area contributed by atoms with Gasteiger partial charge < -0.3 is 14.6 Å². The molecule has 0 saturated heterocycles. The fraction of sp³-hybridized carbons (Fsp3) is 0.316. The van der Waals surface area contributed by atoms with Gasteiger partial charge in [-0.25, -0.2) is 4.79 Å². The largest absolute Gasteiger partial charge is 0.477 e. The van der Waals surface area contributed by atoms with Gasteiger partial charge in [0.2, 0.25) is 22.4 Å². The number of esters is 2. The minimum atomic E-state index is -1.50. The second kappa shape index (κ2) is 32.2. The smallest absolute Gasteiger partial charge is 0.373 e. The monoisotopic (exact) mass is 1460 g/mol. The first-order valence-electron chi connectivity index (χ1n) is 32.4. The van der Waals surface area contributed by atoms with E-state index in [1.807, 2.05) is 29.6 Å². The van der Waals surface area contributed by atoms with Crippen LogP contribution in [0.1, 0.15) is 44.2 Å². The molecule has 97 heavy (non-hydrogen) atoms. The highest BCUT2D eigenvalue weighted by Crippen LogP contribution is 2.42. The number of thioether (sulfide) groups is 1. The predicted octanol–water partition coefficient (Wildman–Crippen LogP) is 15.0. The van der Waals surface area contributed by atoms with Crippen LogP contribution in [0.3, 0.4) is 0 Å². The Kier molecular flexibility index (Phi) is 26.2. The average Bonchev–Trinajstić information content (AvgIpc) is 1.54. The van der Waals surface area contributed by atoms with Crippen molar-refractivity contribution in [3.63, 3.8) is 0 Å². The van der Waals surface area contributed by atoms with Gasteiger partial charge in [0.1, 0.15) is 4.88 Å². The van der Waals surface area contributed by atoms with Crippen molar-refractivity contribution in [1.29, 1.82) is 0 Å². The van der Waals surface area contributed by atoms with Gasteiger partial charge in [-0.1, -0.05) is 282 Å². The zero-order valence-electron chi connectivity index (χ0n) is 59.8. The topological polar surface area (TPSA) is 192 Å². The Hall–Kier alpha value is -7.16. The number of fused-ring (bicyclic) bond motifs is 7. The highest BCUT2D eigenvalue weighted by molar-refractivity contribution is 8.00. The zero-order valence-corrected chi connectivity index (χ0v) is 68.2. The second-order valence-corrected chi connectivity index (χ2v) is 63.4. The molecule has 1 N–H and O–H groups in total. The predicted molar refractivity (Wildman–Crippen MR) is 426 cm³/mol. The molecule has 0 spiro atoms. The van der Waals surface area contributed by atoms with Crippen LogP contribution in [0, 0.1) is 0 Å². The molecule has 12 nitrogen and oxygen atoms in total. The summed E-state index contributed by atoms with van der Waals surface area (Å²) in [6.45, 7) is 45.5. The Balaban J connectivity index is 0.000000208. The van der Waals surface area contributed by atoms with Gasteiger partial charge in [0.25, 0.3) is 0 Å². The van der Waals surface area contributed by atoms with E-state index in [1.54, 1.807) is 38.1 Å². The average molecular weight is 1460 g/mol. The lowest BCUT2D eigenvalue weighted by Gasteiger charge is -2.18. The summed E-state index contributed by atoms with van der Waals surface area (Å²) in [4.78, 5) is 101. The number of thiophene rings is 2. The maximum absolute atomic E-state index is 13.2. The molecular weight excluding hydrogens is 1370 g/mol. The van der Waals surface area contributed by atoms with Crippen LogP contribution in [0.2, 0.25) is 118 Å². The molecule has 10 rings (SSSR count). The summed E-state index contributed by atoms with van der Waals surface area (Å²) in [6, 6.07) is 45.1. The van der Waals surface area contributed by atoms with Crippen LogP contribution in [-0.2, 0) is 28.7 Å². The number of aromatic carboxylic acids is 1.